The smallest absolute Gasteiger partial charge is 0.383 e. The third-order valence-corrected chi connectivity index (χ3v) is 6.62. The van der Waals surface area contributed by atoms with Crippen molar-refractivity contribution in [3.05, 3.63) is 113 Å². The number of benzene rings is 3. The van der Waals surface area contributed by atoms with E-state index in [4.69, 9.17) is 0 Å². The van der Waals surface area contributed by atoms with Gasteiger partial charge in [0.2, 0.25) is 5.91 Å². The summed E-state index contributed by atoms with van der Waals surface area (Å²) < 4.78 is 41.4. The average Bonchev–Trinajstić information content (AvgIpc) is 3.27. The van der Waals surface area contributed by atoms with Crippen molar-refractivity contribution in [1.82, 2.24) is 4.57 Å². The van der Waals surface area contributed by atoms with Crippen LogP contribution < -0.4 is 10.6 Å². The molecule has 0 spiro atoms. The van der Waals surface area contributed by atoms with Gasteiger partial charge < -0.3 is 20.3 Å². The van der Waals surface area contributed by atoms with E-state index in [0.717, 1.165) is 28.6 Å². The normalized spacial score (nSPS) is 15.9. The SMILES string of the molecule is Cn1ccc2cc(C(=CC=CC(=O)Nc3cccc4c3CC(O)C(=O)N4)c3ccc(C(F)(F)F)cc3)ccc21. The number of carbonyl (C=O) groups is 2. The summed E-state index contributed by atoms with van der Waals surface area (Å²) in [5.41, 5.74) is 3.84. The van der Waals surface area contributed by atoms with E-state index >= 15 is 0 Å². The number of alkyl halides is 3. The maximum atomic E-state index is 13.1. The summed E-state index contributed by atoms with van der Waals surface area (Å²) in [6.45, 7) is 0. The van der Waals surface area contributed by atoms with Crippen LogP contribution in [0.15, 0.2) is 91.2 Å². The van der Waals surface area contributed by atoms with Gasteiger partial charge in [-0.15, -0.1) is 0 Å². The summed E-state index contributed by atoms with van der Waals surface area (Å²) in [6.07, 6.45) is 0.859. The van der Waals surface area contributed by atoms with Gasteiger partial charge in [0.25, 0.3) is 5.91 Å². The van der Waals surface area contributed by atoms with Crippen LogP contribution in [0, 0.1) is 0 Å². The van der Waals surface area contributed by atoms with E-state index in [2.05, 4.69) is 10.6 Å². The second-order valence-corrected chi connectivity index (χ2v) is 9.24. The molecule has 4 aromatic rings. The number of amides is 2. The Morgan fingerprint density at radius 2 is 1.82 bits per heavy atom. The highest BCUT2D eigenvalue weighted by Gasteiger charge is 2.30. The minimum absolute atomic E-state index is 0.0707. The van der Waals surface area contributed by atoms with Gasteiger partial charge in [-0.3, -0.25) is 9.59 Å². The number of hydrogen-bond donors (Lipinski definition) is 3. The molecule has 1 aliphatic rings. The lowest BCUT2D eigenvalue weighted by atomic mass is 9.95. The third kappa shape index (κ3) is 5.49. The van der Waals surface area contributed by atoms with E-state index in [-0.39, 0.29) is 6.42 Å². The maximum Gasteiger partial charge on any atom is 0.416 e. The summed E-state index contributed by atoms with van der Waals surface area (Å²) in [5.74, 6) is -0.947. The number of halogens is 3. The van der Waals surface area contributed by atoms with E-state index in [1.165, 1.54) is 24.3 Å². The highest BCUT2D eigenvalue weighted by Crippen LogP contribution is 2.33. The lowest BCUT2D eigenvalue weighted by molar-refractivity contribution is -0.137. The van der Waals surface area contributed by atoms with Gasteiger partial charge in [-0.1, -0.05) is 36.4 Å². The van der Waals surface area contributed by atoms with Gasteiger partial charge in [0, 0.05) is 53.6 Å². The van der Waals surface area contributed by atoms with Gasteiger partial charge in [-0.2, -0.15) is 13.2 Å². The molecule has 2 heterocycles. The fourth-order valence-electron chi connectivity index (χ4n) is 4.60. The molecular weight excluding hydrogens is 507 g/mol. The lowest BCUT2D eigenvalue weighted by Gasteiger charge is -2.23. The first-order valence-electron chi connectivity index (χ1n) is 12.1. The monoisotopic (exact) mass is 531 g/mol. The fourth-order valence-corrected chi connectivity index (χ4v) is 4.60. The topological polar surface area (TPSA) is 83.4 Å². The molecule has 5 rings (SSSR count). The van der Waals surface area contributed by atoms with Crippen LogP contribution in [0.4, 0.5) is 24.5 Å². The summed E-state index contributed by atoms with van der Waals surface area (Å²) >= 11 is 0. The van der Waals surface area contributed by atoms with Crippen LogP contribution in [-0.4, -0.2) is 27.6 Å². The van der Waals surface area contributed by atoms with Gasteiger partial charge in [0.1, 0.15) is 6.10 Å². The van der Waals surface area contributed by atoms with Crippen molar-refractivity contribution in [2.24, 2.45) is 7.05 Å². The minimum atomic E-state index is -4.45. The van der Waals surface area contributed by atoms with Crippen LogP contribution in [0.25, 0.3) is 16.5 Å². The summed E-state index contributed by atoms with van der Waals surface area (Å²) in [4.78, 5) is 24.5. The van der Waals surface area contributed by atoms with Crippen LogP contribution >= 0.6 is 0 Å². The molecule has 0 saturated carbocycles. The van der Waals surface area contributed by atoms with Gasteiger partial charge in [-0.05, 0) is 59.2 Å². The molecule has 3 N–H and O–H groups in total. The molecule has 0 aliphatic carbocycles. The second kappa shape index (κ2) is 10.3. The Kier molecular flexibility index (Phi) is 6.84. The van der Waals surface area contributed by atoms with E-state index in [0.29, 0.717) is 28.1 Å². The number of aromatic nitrogens is 1. The summed E-state index contributed by atoms with van der Waals surface area (Å²) in [7, 11) is 1.93. The number of nitrogens with one attached hydrogen (secondary N) is 2. The van der Waals surface area contributed by atoms with Crippen LogP contribution in [0.1, 0.15) is 22.3 Å². The first-order chi connectivity index (χ1) is 18.6. The zero-order chi connectivity index (χ0) is 27.7. The van der Waals surface area contributed by atoms with Crippen LogP contribution in [0.2, 0.25) is 0 Å². The number of hydrogen-bond acceptors (Lipinski definition) is 3. The number of aliphatic hydroxyl groups excluding tert-OH is 1. The molecule has 6 nitrogen and oxygen atoms in total. The molecule has 3 aromatic carbocycles. The molecule has 1 aromatic heterocycles. The Labute approximate surface area is 222 Å². The minimum Gasteiger partial charge on any atom is -0.383 e. The predicted octanol–water partition coefficient (Wildman–Crippen LogP) is 5.68. The molecule has 198 valence electrons. The largest absolute Gasteiger partial charge is 0.416 e. The fraction of sp³-hybridized carbons (Fsp3) is 0.133. The van der Waals surface area contributed by atoms with Crippen LogP contribution in [-0.2, 0) is 29.2 Å². The number of aliphatic hydroxyl groups is 1. The summed E-state index contributed by atoms with van der Waals surface area (Å²) in [6, 6.07) is 17.6. The van der Waals surface area contributed by atoms with Crippen molar-refractivity contribution in [2.45, 2.75) is 18.7 Å². The quantitative estimate of drug-likeness (QED) is 0.229. The highest BCUT2D eigenvalue weighted by molar-refractivity contribution is 6.03. The average molecular weight is 532 g/mol. The zero-order valence-corrected chi connectivity index (χ0v) is 20.8. The molecule has 0 bridgehead atoms. The Balaban J connectivity index is 1.44. The molecule has 1 unspecified atom stereocenters. The number of aryl methyl sites for hydroxylation is 1. The van der Waals surface area contributed by atoms with Crippen molar-refractivity contribution in [2.75, 3.05) is 10.6 Å². The van der Waals surface area contributed by atoms with Gasteiger partial charge in [0.05, 0.1) is 5.56 Å². The van der Waals surface area contributed by atoms with Crippen molar-refractivity contribution in [3.8, 4) is 0 Å². The molecule has 2 amide bonds. The number of allylic oxidation sites excluding steroid dienone is 2. The van der Waals surface area contributed by atoms with E-state index in [1.807, 2.05) is 42.1 Å². The molecule has 0 radical (unpaired) electrons. The van der Waals surface area contributed by atoms with Crippen molar-refractivity contribution < 1.29 is 27.9 Å². The third-order valence-electron chi connectivity index (χ3n) is 6.62. The number of nitrogens with zero attached hydrogens (tertiary/aromatic N) is 1. The van der Waals surface area contributed by atoms with E-state index in [9.17, 15) is 27.9 Å². The lowest BCUT2D eigenvalue weighted by Crippen LogP contribution is -2.34. The standard InChI is InChI=1S/C30H24F3N3O3/c1-36-15-14-20-16-19(10-13-26(20)36)22(18-8-11-21(12-9-18)30(31,32)33)4-2-7-28(38)34-24-5-3-6-25-23(24)17-27(37)29(39)35-25/h2-16,27,37H,17H2,1H3,(H,34,38)(H,35,39). The van der Waals surface area contributed by atoms with Gasteiger partial charge >= 0.3 is 6.18 Å². The van der Waals surface area contributed by atoms with Crippen molar-refractivity contribution in [3.63, 3.8) is 0 Å². The van der Waals surface area contributed by atoms with E-state index in [1.54, 1.807) is 24.3 Å². The second-order valence-electron chi connectivity index (χ2n) is 9.24. The summed E-state index contributed by atoms with van der Waals surface area (Å²) in [5, 5.41) is 16.3. The molecule has 1 atom stereocenters. The molecule has 0 saturated heterocycles. The Morgan fingerprint density at radius 1 is 1.08 bits per heavy atom. The van der Waals surface area contributed by atoms with Crippen LogP contribution in [0.3, 0.4) is 0 Å². The van der Waals surface area contributed by atoms with E-state index < -0.39 is 29.7 Å². The predicted molar refractivity (Wildman–Crippen MR) is 144 cm³/mol. The number of anilines is 2. The van der Waals surface area contributed by atoms with Gasteiger partial charge in [-0.25, -0.2) is 0 Å². The molecule has 0 fully saturated rings. The Hall–Kier alpha value is -4.63. The van der Waals surface area contributed by atoms with Gasteiger partial charge in [0.15, 0.2) is 0 Å². The number of carbonyl (C=O) groups excluding carboxylic acids is 2. The molecule has 39 heavy (non-hydrogen) atoms. The van der Waals surface area contributed by atoms with Crippen LogP contribution in [0.5, 0.6) is 0 Å². The molecule has 9 heteroatoms. The van der Waals surface area contributed by atoms with Crippen molar-refractivity contribution in [1.29, 1.82) is 0 Å². The first-order valence-corrected chi connectivity index (χ1v) is 12.1. The number of rotatable bonds is 5. The van der Waals surface area contributed by atoms with Crippen molar-refractivity contribution >= 4 is 39.7 Å². The maximum absolute atomic E-state index is 13.1. The Morgan fingerprint density at radius 3 is 2.56 bits per heavy atom. The Bertz CT molecular complexity index is 1630. The first kappa shape index (κ1) is 26.0. The zero-order valence-electron chi connectivity index (χ0n) is 20.8. The number of fused-ring (bicyclic) bond motifs is 2. The molecule has 1 aliphatic heterocycles. The molecular formula is C30H24F3N3O3. The highest BCUT2D eigenvalue weighted by atomic mass is 19.4.